The molecule has 0 spiro atoms. The molecular weight excluding hydrogens is 398 g/mol. The summed E-state index contributed by atoms with van der Waals surface area (Å²) in [7, 11) is -3.92. The van der Waals surface area contributed by atoms with Gasteiger partial charge < -0.3 is 5.32 Å². The molecule has 4 rings (SSSR count). The summed E-state index contributed by atoms with van der Waals surface area (Å²) in [6, 6.07) is 18.2. The molecule has 152 valence electrons. The third-order valence-electron chi connectivity index (χ3n) is 4.62. The second-order valence-corrected chi connectivity index (χ2v) is 8.77. The Hall–Kier alpha value is -3.52. The molecule has 0 amide bonds. The molecule has 0 aliphatic heterocycles. The zero-order chi connectivity index (χ0) is 21.1. The van der Waals surface area contributed by atoms with Gasteiger partial charge in [-0.2, -0.15) is 13.4 Å². The fourth-order valence-corrected chi connectivity index (χ4v) is 4.09. The van der Waals surface area contributed by atoms with Crippen LogP contribution in [0.15, 0.2) is 78.0 Å². The van der Waals surface area contributed by atoms with E-state index < -0.39 is 10.0 Å². The third-order valence-corrected chi connectivity index (χ3v) is 6.19. The van der Waals surface area contributed by atoms with E-state index in [-0.39, 0.29) is 16.7 Å². The van der Waals surface area contributed by atoms with Crippen LogP contribution in [0.1, 0.15) is 16.7 Å². The first-order chi connectivity index (χ1) is 14.4. The standard InChI is InChI=1S/C22H21N5O2S/c1-16-5-9-18(10-6-16)14-24-22-25-21(19-4-3-13-23-15-19)26-27(22)30(28,29)20-11-7-17(2)8-12-20/h3-13,15H,14H2,1-2H3,(H,24,25,26). The monoisotopic (exact) mass is 419 g/mol. The lowest BCUT2D eigenvalue weighted by molar-refractivity contribution is 0.580. The summed E-state index contributed by atoms with van der Waals surface area (Å²) in [4.78, 5) is 8.66. The maximum Gasteiger partial charge on any atom is 0.286 e. The molecule has 2 aromatic heterocycles. The molecule has 8 heteroatoms. The van der Waals surface area contributed by atoms with Gasteiger partial charge in [-0.25, -0.2) is 0 Å². The first-order valence-electron chi connectivity index (χ1n) is 9.42. The molecule has 0 saturated heterocycles. The van der Waals surface area contributed by atoms with E-state index in [1.165, 1.54) is 0 Å². The van der Waals surface area contributed by atoms with Gasteiger partial charge in [0, 0.05) is 24.5 Å². The molecule has 0 aliphatic rings. The highest BCUT2D eigenvalue weighted by Crippen LogP contribution is 2.22. The number of rotatable bonds is 6. The van der Waals surface area contributed by atoms with E-state index in [4.69, 9.17) is 0 Å². The molecule has 30 heavy (non-hydrogen) atoms. The number of nitrogens with zero attached hydrogens (tertiary/aromatic N) is 4. The van der Waals surface area contributed by atoms with Crippen molar-refractivity contribution in [3.05, 3.63) is 89.7 Å². The van der Waals surface area contributed by atoms with Crippen LogP contribution in [0, 0.1) is 13.8 Å². The van der Waals surface area contributed by atoms with Crippen molar-refractivity contribution in [3.63, 3.8) is 0 Å². The quantitative estimate of drug-likeness (QED) is 0.511. The van der Waals surface area contributed by atoms with Gasteiger partial charge in [-0.15, -0.1) is 9.19 Å². The lowest BCUT2D eigenvalue weighted by Gasteiger charge is -2.09. The highest BCUT2D eigenvalue weighted by Gasteiger charge is 2.24. The van der Waals surface area contributed by atoms with Gasteiger partial charge in [-0.05, 0) is 43.7 Å². The zero-order valence-electron chi connectivity index (χ0n) is 16.6. The summed E-state index contributed by atoms with van der Waals surface area (Å²) < 4.78 is 27.5. The number of hydrogen-bond donors (Lipinski definition) is 1. The van der Waals surface area contributed by atoms with Gasteiger partial charge >= 0.3 is 0 Å². The van der Waals surface area contributed by atoms with Gasteiger partial charge in [0.25, 0.3) is 10.0 Å². The molecule has 2 heterocycles. The molecule has 0 atom stereocenters. The van der Waals surface area contributed by atoms with E-state index in [9.17, 15) is 8.42 Å². The largest absolute Gasteiger partial charge is 0.349 e. The van der Waals surface area contributed by atoms with Crippen molar-refractivity contribution >= 4 is 16.0 Å². The Labute approximate surface area is 175 Å². The Morgan fingerprint density at radius 2 is 1.60 bits per heavy atom. The Bertz CT molecular complexity index is 1250. The molecule has 0 radical (unpaired) electrons. The minimum atomic E-state index is -3.92. The smallest absolute Gasteiger partial charge is 0.286 e. The summed E-state index contributed by atoms with van der Waals surface area (Å²) >= 11 is 0. The highest BCUT2D eigenvalue weighted by molar-refractivity contribution is 7.90. The van der Waals surface area contributed by atoms with Gasteiger partial charge in [-0.1, -0.05) is 47.5 Å². The lowest BCUT2D eigenvalue weighted by Crippen LogP contribution is -2.18. The SMILES string of the molecule is Cc1ccc(CNc2nc(-c3cccnc3)nn2S(=O)(=O)c2ccc(C)cc2)cc1. The molecule has 7 nitrogen and oxygen atoms in total. The van der Waals surface area contributed by atoms with Gasteiger partial charge in [0.1, 0.15) is 0 Å². The van der Waals surface area contributed by atoms with Crippen LogP contribution in [0.25, 0.3) is 11.4 Å². The normalized spacial score (nSPS) is 11.4. The van der Waals surface area contributed by atoms with E-state index in [2.05, 4.69) is 20.4 Å². The molecule has 2 aromatic carbocycles. The average molecular weight is 420 g/mol. The number of aromatic nitrogens is 4. The van der Waals surface area contributed by atoms with Gasteiger partial charge in [-0.3, -0.25) is 4.98 Å². The number of hydrogen-bond acceptors (Lipinski definition) is 6. The Morgan fingerprint density at radius 1 is 0.933 bits per heavy atom. The van der Waals surface area contributed by atoms with E-state index in [1.807, 2.05) is 38.1 Å². The fourth-order valence-electron chi connectivity index (χ4n) is 2.89. The van der Waals surface area contributed by atoms with Crippen molar-refractivity contribution in [3.8, 4) is 11.4 Å². The summed E-state index contributed by atoms with van der Waals surface area (Å²) in [6.07, 6.45) is 3.24. The number of pyridine rings is 1. The Kier molecular flexibility index (Phi) is 5.33. The molecule has 0 saturated carbocycles. The van der Waals surface area contributed by atoms with Crippen molar-refractivity contribution in [1.29, 1.82) is 0 Å². The Morgan fingerprint density at radius 3 is 2.23 bits per heavy atom. The molecule has 0 fully saturated rings. The van der Waals surface area contributed by atoms with Crippen molar-refractivity contribution in [2.24, 2.45) is 0 Å². The van der Waals surface area contributed by atoms with Crippen LogP contribution in [-0.2, 0) is 16.6 Å². The van der Waals surface area contributed by atoms with Crippen LogP contribution in [0.2, 0.25) is 0 Å². The van der Waals surface area contributed by atoms with Crippen LogP contribution >= 0.6 is 0 Å². The van der Waals surface area contributed by atoms with Gasteiger partial charge in [0.05, 0.1) is 4.90 Å². The number of nitrogens with one attached hydrogen (secondary N) is 1. The minimum Gasteiger partial charge on any atom is -0.349 e. The topological polar surface area (TPSA) is 89.8 Å². The predicted octanol–water partition coefficient (Wildman–Crippen LogP) is 3.81. The maximum atomic E-state index is 13.3. The van der Waals surface area contributed by atoms with Crippen LogP contribution < -0.4 is 5.32 Å². The van der Waals surface area contributed by atoms with Crippen molar-refractivity contribution in [2.45, 2.75) is 25.3 Å². The molecule has 0 aliphatic carbocycles. The van der Waals surface area contributed by atoms with E-state index in [0.717, 1.165) is 20.8 Å². The van der Waals surface area contributed by atoms with Crippen LogP contribution in [0.5, 0.6) is 0 Å². The summed E-state index contributed by atoms with van der Waals surface area (Å²) in [5.74, 6) is 0.431. The summed E-state index contributed by atoms with van der Waals surface area (Å²) in [5, 5.41) is 7.41. The number of anilines is 1. The third kappa shape index (κ3) is 4.08. The average Bonchev–Trinajstić information content (AvgIpc) is 3.20. The zero-order valence-corrected chi connectivity index (χ0v) is 17.5. The van der Waals surface area contributed by atoms with Crippen molar-refractivity contribution in [2.75, 3.05) is 5.32 Å². The molecule has 0 unspecified atom stereocenters. The maximum absolute atomic E-state index is 13.3. The van der Waals surface area contributed by atoms with Crippen molar-refractivity contribution in [1.82, 2.24) is 19.2 Å². The summed E-state index contributed by atoms with van der Waals surface area (Å²) in [6.45, 7) is 4.33. The second-order valence-electron chi connectivity index (χ2n) is 7.00. The first kappa shape index (κ1) is 19.8. The predicted molar refractivity (Wildman–Crippen MR) is 116 cm³/mol. The van der Waals surface area contributed by atoms with Crippen LogP contribution in [-0.4, -0.2) is 27.6 Å². The fraction of sp³-hybridized carbons (Fsp3) is 0.136. The lowest BCUT2D eigenvalue weighted by atomic mass is 10.1. The number of benzene rings is 2. The molecule has 4 aromatic rings. The minimum absolute atomic E-state index is 0.147. The molecule has 0 bridgehead atoms. The first-order valence-corrected chi connectivity index (χ1v) is 10.9. The number of aryl methyl sites for hydroxylation is 2. The van der Waals surface area contributed by atoms with E-state index in [0.29, 0.717) is 12.1 Å². The van der Waals surface area contributed by atoms with Crippen LogP contribution in [0.3, 0.4) is 0 Å². The molecule has 1 N–H and O–H groups in total. The second kappa shape index (κ2) is 8.08. The Balaban J connectivity index is 1.74. The molecular formula is C22H21N5O2S. The van der Waals surface area contributed by atoms with Crippen molar-refractivity contribution < 1.29 is 8.42 Å². The van der Waals surface area contributed by atoms with Gasteiger partial charge in [0.2, 0.25) is 5.95 Å². The highest BCUT2D eigenvalue weighted by atomic mass is 32.2. The van der Waals surface area contributed by atoms with E-state index in [1.54, 1.807) is 48.8 Å². The van der Waals surface area contributed by atoms with Crippen LogP contribution in [0.4, 0.5) is 5.95 Å². The van der Waals surface area contributed by atoms with Gasteiger partial charge in [0.15, 0.2) is 5.82 Å². The van der Waals surface area contributed by atoms with E-state index >= 15 is 0 Å². The summed E-state index contributed by atoms with van der Waals surface area (Å²) in [5.41, 5.74) is 3.77.